The molecule has 2 N–H and O–H groups in total. The summed E-state index contributed by atoms with van der Waals surface area (Å²) in [6.45, 7) is 5.26. The fraction of sp³-hybridized carbons (Fsp3) is 0.333. The van der Waals surface area contributed by atoms with Crippen molar-refractivity contribution >= 4 is 28.8 Å². The van der Waals surface area contributed by atoms with Gasteiger partial charge in [-0.15, -0.1) is 0 Å². The second-order valence-electron chi connectivity index (χ2n) is 7.53. The monoisotopic (exact) mass is 451 g/mol. The maximum Gasteiger partial charge on any atom is 0.229 e. The summed E-state index contributed by atoms with van der Waals surface area (Å²) in [5, 5.41) is 6.59. The van der Waals surface area contributed by atoms with Crippen LogP contribution in [0.15, 0.2) is 42.5 Å². The summed E-state index contributed by atoms with van der Waals surface area (Å²) < 4.78 is 21.7. The molecule has 1 saturated heterocycles. The van der Waals surface area contributed by atoms with Crippen molar-refractivity contribution in [1.82, 2.24) is 9.97 Å². The molecule has 2 heterocycles. The van der Waals surface area contributed by atoms with E-state index in [9.17, 15) is 0 Å². The highest BCUT2D eigenvalue weighted by Gasteiger charge is 2.14. The first kappa shape index (κ1) is 22.5. The minimum absolute atomic E-state index is 0.504. The van der Waals surface area contributed by atoms with Crippen LogP contribution in [-0.4, -0.2) is 57.6 Å². The van der Waals surface area contributed by atoms with E-state index in [2.05, 4.69) is 37.6 Å². The van der Waals surface area contributed by atoms with Gasteiger partial charge in [0.05, 0.1) is 34.5 Å². The minimum atomic E-state index is 0.504. The van der Waals surface area contributed by atoms with Gasteiger partial charge >= 0.3 is 0 Å². The topological polar surface area (TPSA) is 90.0 Å². The average Bonchev–Trinajstić information content (AvgIpc) is 2.84. The molecule has 3 aromatic rings. The third-order valence-corrected chi connectivity index (χ3v) is 5.29. The molecule has 0 atom stereocenters. The predicted molar refractivity (Wildman–Crippen MR) is 129 cm³/mol. The third-order valence-electron chi connectivity index (χ3n) is 5.29. The van der Waals surface area contributed by atoms with Crippen molar-refractivity contribution in [2.75, 3.05) is 63.2 Å². The fourth-order valence-electron chi connectivity index (χ4n) is 3.70. The molecule has 0 bridgehead atoms. The van der Waals surface area contributed by atoms with E-state index in [-0.39, 0.29) is 0 Å². The van der Waals surface area contributed by atoms with Gasteiger partial charge in [-0.3, -0.25) is 0 Å². The van der Waals surface area contributed by atoms with E-state index in [1.54, 1.807) is 21.3 Å². The standard InChI is InChI=1S/C24H29N5O4/c1-16-13-22(26-18-14-20(30-2)23(32-4)21(15-18)31-3)28-24(25-16)27-17-5-7-19(8-6-17)29-9-11-33-12-10-29/h5-8,13-15H,9-12H2,1-4H3,(H2,25,26,27,28). The van der Waals surface area contributed by atoms with Crippen molar-refractivity contribution in [3.05, 3.63) is 48.2 Å². The normalized spacial score (nSPS) is 13.4. The van der Waals surface area contributed by atoms with E-state index in [4.69, 9.17) is 18.9 Å². The predicted octanol–water partition coefficient (Wildman–Crippen LogP) is 4.13. The van der Waals surface area contributed by atoms with Gasteiger partial charge in [-0.2, -0.15) is 4.98 Å². The van der Waals surface area contributed by atoms with E-state index in [1.807, 2.05) is 37.3 Å². The van der Waals surface area contributed by atoms with Crippen molar-refractivity contribution in [3.8, 4) is 17.2 Å². The number of rotatable bonds is 8. The molecule has 1 fully saturated rings. The zero-order chi connectivity index (χ0) is 23.2. The van der Waals surface area contributed by atoms with Gasteiger partial charge in [0.25, 0.3) is 0 Å². The van der Waals surface area contributed by atoms with Gasteiger partial charge in [0.1, 0.15) is 5.82 Å². The summed E-state index contributed by atoms with van der Waals surface area (Å²) >= 11 is 0. The summed E-state index contributed by atoms with van der Waals surface area (Å²) in [6, 6.07) is 13.8. The molecular formula is C24H29N5O4. The molecular weight excluding hydrogens is 422 g/mol. The Labute approximate surface area is 193 Å². The Morgan fingerprint density at radius 2 is 1.48 bits per heavy atom. The highest BCUT2D eigenvalue weighted by molar-refractivity contribution is 5.68. The number of methoxy groups -OCH3 is 3. The molecule has 9 nitrogen and oxygen atoms in total. The first-order valence-electron chi connectivity index (χ1n) is 10.7. The highest BCUT2D eigenvalue weighted by atomic mass is 16.5. The van der Waals surface area contributed by atoms with Crippen LogP contribution in [0.4, 0.5) is 28.8 Å². The second kappa shape index (κ2) is 10.3. The smallest absolute Gasteiger partial charge is 0.229 e. The van der Waals surface area contributed by atoms with E-state index in [1.165, 1.54) is 5.69 Å². The van der Waals surface area contributed by atoms with Crippen LogP contribution in [0.3, 0.4) is 0 Å². The van der Waals surface area contributed by atoms with Gasteiger partial charge in [-0.05, 0) is 31.2 Å². The number of hydrogen-bond acceptors (Lipinski definition) is 9. The van der Waals surface area contributed by atoms with Gasteiger partial charge in [0, 0.05) is 54.0 Å². The van der Waals surface area contributed by atoms with Crippen LogP contribution < -0.4 is 29.7 Å². The first-order valence-corrected chi connectivity index (χ1v) is 10.7. The zero-order valence-corrected chi connectivity index (χ0v) is 19.3. The molecule has 1 aliphatic heterocycles. The van der Waals surface area contributed by atoms with E-state index >= 15 is 0 Å². The Kier molecular flexibility index (Phi) is 6.99. The third kappa shape index (κ3) is 5.38. The molecule has 1 aliphatic rings. The number of aromatic nitrogens is 2. The number of ether oxygens (including phenoxy) is 4. The lowest BCUT2D eigenvalue weighted by molar-refractivity contribution is 0.122. The molecule has 0 spiro atoms. The molecule has 1 aromatic heterocycles. The molecule has 9 heteroatoms. The van der Waals surface area contributed by atoms with Crippen molar-refractivity contribution in [2.45, 2.75) is 6.92 Å². The lowest BCUT2D eigenvalue weighted by atomic mass is 10.2. The van der Waals surface area contributed by atoms with Gasteiger partial charge in [0.2, 0.25) is 11.7 Å². The fourth-order valence-corrected chi connectivity index (χ4v) is 3.70. The van der Waals surface area contributed by atoms with Gasteiger partial charge in [0.15, 0.2) is 11.5 Å². The zero-order valence-electron chi connectivity index (χ0n) is 19.3. The van der Waals surface area contributed by atoms with Crippen LogP contribution in [0.5, 0.6) is 17.2 Å². The number of nitrogens with zero attached hydrogens (tertiary/aromatic N) is 3. The molecule has 0 radical (unpaired) electrons. The van der Waals surface area contributed by atoms with Crippen molar-refractivity contribution in [3.63, 3.8) is 0 Å². The summed E-state index contributed by atoms with van der Waals surface area (Å²) in [6.07, 6.45) is 0. The number of anilines is 5. The van der Waals surface area contributed by atoms with Crippen LogP contribution >= 0.6 is 0 Å². The minimum Gasteiger partial charge on any atom is -0.493 e. The highest BCUT2D eigenvalue weighted by Crippen LogP contribution is 2.40. The number of nitrogens with one attached hydrogen (secondary N) is 2. The summed E-state index contributed by atoms with van der Waals surface area (Å²) in [7, 11) is 4.75. The number of benzene rings is 2. The van der Waals surface area contributed by atoms with Crippen molar-refractivity contribution in [1.29, 1.82) is 0 Å². The van der Waals surface area contributed by atoms with Crippen LogP contribution in [-0.2, 0) is 4.74 Å². The SMILES string of the molecule is COc1cc(Nc2cc(C)nc(Nc3ccc(N4CCOCC4)cc3)n2)cc(OC)c1OC. The summed E-state index contributed by atoms with van der Waals surface area (Å²) in [5.41, 5.74) is 3.67. The van der Waals surface area contributed by atoms with Gasteiger partial charge < -0.3 is 34.5 Å². The Morgan fingerprint density at radius 3 is 2.09 bits per heavy atom. The maximum absolute atomic E-state index is 5.44. The lowest BCUT2D eigenvalue weighted by Gasteiger charge is -2.28. The molecule has 0 saturated carbocycles. The lowest BCUT2D eigenvalue weighted by Crippen LogP contribution is -2.36. The van der Waals surface area contributed by atoms with Gasteiger partial charge in [-0.25, -0.2) is 4.98 Å². The Bertz CT molecular complexity index is 1060. The van der Waals surface area contributed by atoms with Gasteiger partial charge in [-0.1, -0.05) is 0 Å². The molecule has 33 heavy (non-hydrogen) atoms. The molecule has 2 aromatic carbocycles. The largest absolute Gasteiger partial charge is 0.493 e. The number of morpholine rings is 1. The van der Waals surface area contributed by atoms with E-state index < -0.39 is 0 Å². The van der Waals surface area contributed by atoms with Crippen molar-refractivity contribution < 1.29 is 18.9 Å². The number of aryl methyl sites for hydroxylation is 1. The Morgan fingerprint density at radius 1 is 0.818 bits per heavy atom. The Balaban J connectivity index is 1.51. The van der Waals surface area contributed by atoms with Crippen molar-refractivity contribution in [2.24, 2.45) is 0 Å². The van der Waals surface area contributed by atoms with Crippen LogP contribution in [0.25, 0.3) is 0 Å². The molecule has 174 valence electrons. The molecule has 0 aliphatic carbocycles. The molecule has 4 rings (SSSR count). The quantitative estimate of drug-likeness (QED) is 0.524. The van der Waals surface area contributed by atoms with E-state index in [0.29, 0.717) is 29.0 Å². The summed E-state index contributed by atoms with van der Waals surface area (Å²) in [5.74, 6) is 2.80. The van der Waals surface area contributed by atoms with E-state index in [0.717, 1.165) is 43.4 Å². The van der Waals surface area contributed by atoms with Crippen LogP contribution in [0, 0.1) is 6.92 Å². The first-order chi connectivity index (χ1) is 16.1. The maximum atomic E-state index is 5.44. The second-order valence-corrected chi connectivity index (χ2v) is 7.53. The Hall–Kier alpha value is -3.72. The average molecular weight is 452 g/mol. The molecule has 0 unspecified atom stereocenters. The molecule has 0 amide bonds. The number of hydrogen-bond donors (Lipinski definition) is 2. The van der Waals surface area contributed by atoms with Crippen LogP contribution in [0.1, 0.15) is 5.69 Å². The van der Waals surface area contributed by atoms with Crippen LogP contribution in [0.2, 0.25) is 0 Å². The summed E-state index contributed by atoms with van der Waals surface area (Å²) in [4.78, 5) is 11.5.